The van der Waals surface area contributed by atoms with Crippen LogP contribution in [0.5, 0.6) is 0 Å². The van der Waals surface area contributed by atoms with Crippen LogP contribution in [0.2, 0.25) is 0 Å². The third kappa shape index (κ3) is 2.53. The summed E-state index contributed by atoms with van der Waals surface area (Å²) in [6, 6.07) is 21.3. The van der Waals surface area contributed by atoms with Gasteiger partial charge in [0.05, 0.1) is 0 Å². The summed E-state index contributed by atoms with van der Waals surface area (Å²) < 4.78 is 0. The van der Waals surface area contributed by atoms with E-state index in [1.807, 2.05) is 30.3 Å². The van der Waals surface area contributed by atoms with Gasteiger partial charge in [-0.05, 0) is 5.56 Å². The zero-order valence-electron chi connectivity index (χ0n) is 7.10. The van der Waals surface area contributed by atoms with E-state index < -0.39 is 0 Å². The third-order valence-corrected chi connectivity index (χ3v) is 1.83. The Labute approximate surface area is 92.9 Å². The van der Waals surface area contributed by atoms with Crippen molar-refractivity contribution in [2.24, 2.45) is 0 Å². The molecule has 0 saturated carbocycles. The summed E-state index contributed by atoms with van der Waals surface area (Å²) in [5.41, 5.74) is 2.50. The van der Waals surface area contributed by atoms with Crippen LogP contribution in [0, 0.1) is 6.07 Å². The van der Waals surface area contributed by atoms with Gasteiger partial charge in [-0.2, -0.15) is 30.3 Å². The molecule has 0 spiro atoms. The van der Waals surface area contributed by atoms with Crippen LogP contribution in [0.1, 0.15) is 0 Å². The number of benzene rings is 2. The Hall–Kier alpha value is -0.872. The Bertz CT molecular complexity index is 303. The summed E-state index contributed by atoms with van der Waals surface area (Å²) in [6.07, 6.45) is 0. The van der Waals surface area contributed by atoms with Gasteiger partial charge in [0.2, 0.25) is 0 Å². The molecule has 13 heavy (non-hydrogen) atoms. The van der Waals surface area contributed by atoms with Gasteiger partial charge in [-0.25, -0.2) is 0 Å². The van der Waals surface area contributed by atoms with E-state index in [4.69, 9.17) is 0 Å². The van der Waals surface area contributed by atoms with Crippen LogP contribution in [0.25, 0.3) is 11.1 Å². The number of hydrogen-bond acceptors (Lipinski definition) is 0. The first-order valence-electron chi connectivity index (χ1n) is 3.98. The van der Waals surface area contributed by atoms with Gasteiger partial charge < -0.3 is 0 Å². The summed E-state index contributed by atoms with van der Waals surface area (Å²) >= 11 is 0. The van der Waals surface area contributed by atoms with E-state index in [2.05, 4.69) is 30.3 Å². The average Bonchev–Trinajstić information content (AvgIpc) is 2.21. The first-order chi connectivity index (χ1) is 5.97. The molecule has 2 aromatic carbocycles. The average molecular weight is 249 g/mol. The summed E-state index contributed by atoms with van der Waals surface area (Å²) in [5, 5.41) is 0. The monoisotopic (exact) mass is 251 g/mol. The third-order valence-electron chi connectivity index (χ3n) is 1.83. The predicted molar refractivity (Wildman–Crippen MR) is 50.7 cm³/mol. The first-order valence-corrected chi connectivity index (χ1v) is 3.98. The van der Waals surface area contributed by atoms with Crippen LogP contribution in [0.15, 0.2) is 54.6 Å². The molecular formula is C12H9Mo-. The van der Waals surface area contributed by atoms with Gasteiger partial charge in [-0.15, -0.1) is 5.56 Å². The maximum atomic E-state index is 3.00. The van der Waals surface area contributed by atoms with Gasteiger partial charge >= 0.3 is 0 Å². The number of hydrogen-bond donors (Lipinski definition) is 0. The SMILES string of the molecule is [Mo].[c-]1ccc(-c2ccccc2)cc1. The fourth-order valence-corrected chi connectivity index (χ4v) is 1.21. The molecule has 0 saturated heterocycles. The van der Waals surface area contributed by atoms with E-state index >= 15 is 0 Å². The summed E-state index contributed by atoms with van der Waals surface area (Å²) in [6.45, 7) is 0. The predicted octanol–water partition coefficient (Wildman–Crippen LogP) is 3.15. The van der Waals surface area contributed by atoms with Crippen LogP contribution >= 0.6 is 0 Å². The molecule has 0 fully saturated rings. The van der Waals surface area contributed by atoms with E-state index in [1.165, 1.54) is 11.1 Å². The van der Waals surface area contributed by atoms with Crippen molar-refractivity contribution in [2.45, 2.75) is 0 Å². The molecule has 0 bridgehead atoms. The summed E-state index contributed by atoms with van der Waals surface area (Å²) in [4.78, 5) is 0. The fraction of sp³-hybridized carbons (Fsp3) is 0. The maximum Gasteiger partial charge on any atom is 0 e. The van der Waals surface area contributed by atoms with E-state index in [0.717, 1.165) is 0 Å². The van der Waals surface area contributed by atoms with Crippen molar-refractivity contribution in [3.8, 4) is 11.1 Å². The van der Waals surface area contributed by atoms with Gasteiger partial charge in [0.15, 0.2) is 0 Å². The van der Waals surface area contributed by atoms with Crippen molar-refractivity contribution < 1.29 is 21.1 Å². The van der Waals surface area contributed by atoms with Crippen molar-refractivity contribution >= 4 is 0 Å². The number of rotatable bonds is 1. The van der Waals surface area contributed by atoms with Gasteiger partial charge in [-0.1, -0.05) is 30.3 Å². The quantitative estimate of drug-likeness (QED) is 0.538. The molecule has 0 aliphatic heterocycles. The van der Waals surface area contributed by atoms with Crippen molar-refractivity contribution in [2.75, 3.05) is 0 Å². The second kappa shape index (κ2) is 4.99. The van der Waals surface area contributed by atoms with Gasteiger partial charge in [0, 0.05) is 21.1 Å². The van der Waals surface area contributed by atoms with E-state index in [-0.39, 0.29) is 21.1 Å². The molecule has 0 aliphatic rings. The first kappa shape index (κ1) is 10.2. The van der Waals surface area contributed by atoms with E-state index in [0.29, 0.717) is 0 Å². The van der Waals surface area contributed by atoms with Crippen molar-refractivity contribution in [3.63, 3.8) is 0 Å². The molecular weight excluding hydrogens is 240 g/mol. The standard InChI is InChI=1S/C12H9.Mo/c1-3-7-11(8-4-1)12-9-5-2-6-10-12;/h1,3-10H;/q-1;. The Balaban J connectivity index is 0.000000845. The topological polar surface area (TPSA) is 0 Å². The normalized spacial score (nSPS) is 8.92. The minimum atomic E-state index is 0. The van der Waals surface area contributed by atoms with Crippen LogP contribution in [-0.2, 0) is 21.1 Å². The molecule has 0 amide bonds. The Kier molecular flexibility index (Phi) is 3.92. The Morgan fingerprint density at radius 2 is 1.23 bits per heavy atom. The molecule has 0 atom stereocenters. The van der Waals surface area contributed by atoms with Crippen LogP contribution in [-0.4, -0.2) is 0 Å². The second-order valence-electron chi connectivity index (χ2n) is 2.65. The van der Waals surface area contributed by atoms with Crippen molar-refractivity contribution in [1.29, 1.82) is 0 Å². The fourth-order valence-electron chi connectivity index (χ4n) is 1.21. The van der Waals surface area contributed by atoms with Crippen LogP contribution < -0.4 is 0 Å². The molecule has 0 aliphatic carbocycles. The Morgan fingerprint density at radius 3 is 1.85 bits per heavy atom. The molecule has 0 nitrogen and oxygen atoms in total. The van der Waals surface area contributed by atoms with Gasteiger partial charge in [-0.3, -0.25) is 0 Å². The minimum absolute atomic E-state index is 0. The minimum Gasteiger partial charge on any atom is -0.184 e. The molecule has 2 aromatic rings. The van der Waals surface area contributed by atoms with Gasteiger partial charge in [0.25, 0.3) is 0 Å². The molecule has 0 radical (unpaired) electrons. The molecule has 0 aromatic heterocycles. The van der Waals surface area contributed by atoms with Crippen LogP contribution in [0.3, 0.4) is 0 Å². The zero-order valence-corrected chi connectivity index (χ0v) is 9.11. The van der Waals surface area contributed by atoms with E-state index in [1.54, 1.807) is 0 Å². The molecule has 1 heteroatoms. The molecule has 2 rings (SSSR count). The summed E-state index contributed by atoms with van der Waals surface area (Å²) in [7, 11) is 0. The molecule has 0 unspecified atom stereocenters. The van der Waals surface area contributed by atoms with Gasteiger partial charge in [0.1, 0.15) is 0 Å². The van der Waals surface area contributed by atoms with Crippen LogP contribution in [0.4, 0.5) is 0 Å². The summed E-state index contributed by atoms with van der Waals surface area (Å²) in [5.74, 6) is 0. The second-order valence-corrected chi connectivity index (χ2v) is 2.65. The molecule has 64 valence electrons. The smallest absolute Gasteiger partial charge is 0 e. The largest absolute Gasteiger partial charge is 0.184 e. The zero-order chi connectivity index (χ0) is 8.23. The molecule has 0 N–H and O–H groups in total. The van der Waals surface area contributed by atoms with E-state index in [9.17, 15) is 0 Å². The maximum absolute atomic E-state index is 3.00. The van der Waals surface area contributed by atoms with Crippen molar-refractivity contribution in [1.82, 2.24) is 0 Å². The van der Waals surface area contributed by atoms with Crippen molar-refractivity contribution in [3.05, 3.63) is 60.7 Å². The Morgan fingerprint density at radius 1 is 0.692 bits per heavy atom. The molecule has 0 heterocycles.